The topological polar surface area (TPSA) is 129 Å². The van der Waals surface area contributed by atoms with Gasteiger partial charge in [0.1, 0.15) is 12.2 Å². The summed E-state index contributed by atoms with van der Waals surface area (Å²) >= 11 is 0. The van der Waals surface area contributed by atoms with Gasteiger partial charge in [0.15, 0.2) is 12.1 Å². The monoisotopic (exact) mass is 365 g/mol. The maximum Gasteiger partial charge on any atom is 0.264 e. The van der Waals surface area contributed by atoms with Crippen LogP contribution in [-0.4, -0.2) is 64.8 Å². The number of methoxy groups -OCH3 is 1. The number of hydrogen-bond acceptors (Lipinski definition) is 8. The molecule has 0 N–H and O–H groups in total. The third-order valence-corrected chi connectivity index (χ3v) is 4.41. The van der Waals surface area contributed by atoms with Gasteiger partial charge in [-0.1, -0.05) is 5.11 Å². The quantitative estimate of drug-likeness (QED) is 0.300. The Morgan fingerprint density at radius 1 is 1.29 bits per heavy atom. The van der Waals surface area contributed by atoms with E-state index in [1.807, 2.05) is 0 Å². The van der Waals surface area contributed by atoms with Crippen LogP contribution < -0.4 is 0 Å². The first-order valence-corrected chi connectivity index (χ1v) is 9.39. The summed E-state index contributed by atoms with van der Waals surface area (Å²) in [6, 6.07) is -0.468. The second kappa shape index (κ2) is 7.52. The van der Waals surface area contributed by atoms with Crippen molar-refractivity contribution in [3.8, 4) is 0 Å². The minimum Gasteiger partial charge on any atom is -0.356 e. The predicted molar refractivity (Wildman–Crippen MR) is 82.5 cm³/mol. The SMILES string of the molecule is CO[C@H]1CC[C@@H](N=[N+]=[N-])[C@H]([C@@H]2OC(C)(C)O[C@H]2COS(C)(=O)=O)O1. The smallest absolute Gasteiger partial charge is 0.264 e. The van der Waals surface area contributed by atoms with Crippen LogP contribution in [0, 0.1) is 0 Å². The van der Waals surface area contributed by atoms with Crippen molar-refractivity contribution in [2.75, 3.05) is 20.0 Å². The molecule has 2 saturated heterocycles. The first-order valence-electron chi connectivity index (χ1n) is 7.57. The molecule has 24 heavy (non-hydrogen) atoms. The van der Waals surface area contributed by atoms with Crippen molar-refractivity contribution in [2.45, 2.75) is 63.1 Å². The molecule has 5 atom stereocenters. The highest BCUT2D eigenvalue weighted by atomic mass is 32.2. The minimum atomic E-state index is -3.63. The fraction of sp³-hybridized carbons (Fsp3) is 1.00. The van der Waals surface area contributed by atoms with E-state index < -0.39 is 46.5 Å². The van der Waals surface area contributed by atoms with E-state index in [1.165, 1.54) is 7.11 Å². The van der Waals surface area contributed by atoms with E-state index in [9.17, 15) is 8.42 Å². The van der Waals surface area contributed by atoms with Crippen LogP contribution in [0.2, 0.25) is 0 Å². The average molecular weight is 365 g/mol. The summed E-state index contributed by atoms with van der Waals surface area (Å²) in [6.07, 6.45) is -0.324. The molecule has 0 aliphatic carbocycles. The van der Waals surface area contributed by atoms with E-state index in [0.717, 1.165) is 6.26 Å². The molecular weight excluding hydrogens is 342 g/mol. The van der Waals surface area contributed by atoms with Crippen LogP contribution in [0.25, 0.3) is 10.4 Å². The molecule has 0 amide bonds. The van der Waals surface area contributed by atoms with Crippen LogP contribution in [0.4, 0.5) is 0 Å². The lowest BCUT2D eigenvalue weighted by atomic mass is 9.95. The average Bonchev–Trinajstić information content (AvgIpc) is 2.80. The van der Waals surface area contributed by atoms with E-state index >= 15 is 0 Å². The van der Waals surface area contributed by atoms with Gasteiger partial charge in [-0.25, -0.2) is 0 Å². The highest BCUT2D eigenvalue weighted by Gasteiger charge is 2.50. The number of rotatable bonds is 6. The van der Waals surface area contributed by atoms with Crippen molar-refractivity contribution in [3.63, 3.8) is 0 Å². The van der Waals surface area contributed by atoms with Crippen molar-refractivity contribution in [1.29, 1.82) is 0 Å². The van der Waals surface area contributed by atoms with Gasteiger partial charge < -0.3 is 18.9 Å². The molecule has 0 radical (unpaired) electrons. The predicted octanol–water partition coefficient (Wildman–Crippen LogP) is 1.31. The van der Waals surface area contributed by atoms with Crippen LogP contribution >= 0.6 is 0 Å². The molecule has 0 aromatic heterocycles. The molecular formula is C13H23N3O7S. The van der Waals surface area contributed by atoms with Crippen LogP contribution in [0.3, 0.4) is 0 Å². The van der Waals surface area contributed by atoms with Crippen molar-refractivity contribution < 1.29 is 31.5 Å². The highest BCUT2D eigenvalue weighted by molar-refractivity contribution is 7.85. The van der Waals surface area contributed by atoms with Gasteiger partial charge in [-0.3, -0.25) is 4.18 Å². The third kappa shape index (κ3) is 5.03. The van der Waals surface area contributed by atoms with Gasteiger partial charge in [-0.05, 0) is 32.2 Å². The Balaban J connectivity index is 2.20. The third-order valence-electron chi connectivity index (χ3n) is 3.84. The largest absolute Gasteiger partial charge is 0.356 e. The Bertz CT molecular complexity index is 590. The van der Waals surface area contributed by atoms with Crippen LogP contribution in [0.5, 0.6) is 0 Å². The Hall–Kier alpha value is -0.940. The van der Waals surface area contributed by atoms with E-state index in [2.05, 4.69) is 10.0 Å². The van der Waals surface area contributed by atoms with Gasteiger partial charge in [-0.15, -0.1) is 0 Å². The fourth-order valence-corrected chi connectivity index (χ4v) is 3.31. The number of azide groups is 1. The highest BCUT2D eigenvalue weighted by Crippen LogP contribution is 2.36. The second-order valence-electron chi connectivity index (χ2n) is 6.24. The lowest BCUT2D eigenvalue weighted by molar-refractivity contribution is -0.223. The molecule has 2 rings (SSSR count). The van der Waals surface area contributed by atoms with Gasteiger partial charge in [-0.2, -0.15) is 8.42 Å². The Morgan fingerprint density at radius 3 is 2.58 bits per heavy atom. The molecule has 0 unspecified atom stereocenters. The molecule has 2 heterocycles. The number of nitrogens with zero attached hydrogens (tertiary/aromatic N) is 3. The second-order valence-corrected chi connectivity index (χ2v) is 7.89. The summed E-state index contributed by atoms with van der Waals surface area (Å²) in [5.74, 6) is -0.944. The Morgan fingerprint density at radius 2 is 2.00 bits per heavy atom. The summed E-state index contributed by atoms with van der Waals surface area (Å²) in [4.78, 5) is 2.86. The molecule has 0 spiro atoms. The molecule has 11 heteroatoms. The first-order chi connectivity index (χ1) is 11.1. The zero-order chi connectivity index (χ0) is 18.0. The molecule has 2 aliphatic heterocycles. The minimum absolute atomic E-state index is 0.215. The van der Waals surface area contributed by atoms with E-state index in [1.54, 1.807) is 13.8 Å². The maximum atomic E-state index is 11.3. The first kappa shape index (κ1) is 19.4. The molecule has 0 aromatic rings. The summed E-state index contributed by atoms with van der Waals surface area (Å²) in [5, 5.41) is 3.77. The van der Waals surface area contributed by atoms with Gasteiger partial charge in [0.2, 0.25) is 0 Å². The zero-order valence-corrected chi connectivity index (χ0v) is 14.9. The lowest BCUT2D eigenvalue weighted by Gasteiger charge is -2.37. The van der Waals surface area contributed by atoms with Gasteiger partial charge in [0.25, 0.3) is 10.1 Å². The summed E-state index contributed by atoms with van der Waals surface area (Å²) in [7, 11) is -2.10. The maximum absolute atomic E-state index is 11.3. The van der Waals surface area contributed by atoms with Crippen molar-refractivity contribution >= 4 is 10.1 Å². The number of hydrogen-bond donors (Lipinski definition) is 0. The lowest BCUT2D eigenvalue weighted by Crippen LogP contribution is -2.50. The summed E-state index contributed by atoms with van der Waals surface area (Å²) in [5.41, 5.74) is 8.78. The van der Waals surface area contributed by atoms with Crippen molar-refractivity contribution in [1.82, 2.24) is 0 Å². The molecule has 10 nitrogen and oxygen atoms in total. The number of ether oxygens (including phenoxy) is 4. The van der Waals surface area contributed by atoms with E-state index in [0.29, 0.717) is 12.8 Å². The van der Waals surface area contributed by atoms with Crippen molar-refractivity contribution in [2.24, 2.45) is 5.11 Å². The molecule has 0 saturated carbocycles. The van der Waals surface area contributed by atoms with Gasteiger partial charge in [0, 0.05) is 12.0 Å². The molecule has 2 aliphatic rings. The molecule has 0 aromatic carbocycles. The standard InChI is InChI=1S/C13H23N3O7S/c1-13(2)22-9(7-20-24(4,17)18)12(23-13)11-8(15-16-14)5-6-10(19-3)21-11/h8-12H,5-7H2,1-4H3/t8-,9+,10-,11-,12-/m1/s1. The van der Waals surface area contributed by atoms with Gasteiger partial charge in [0.05, 0.1) is 25.0 Å². The summed E-state index contributed by atoms with van der Waals surface area (Å²) in [6.45, 7) is 3.20. The zero-order valence-electron chi connectivity index (χ0n) is 14.1. The van der Waals surface area contributed by atoms with E-state index in [-0.39, 0.29) is 6.61 Å². The molecule has 2 fully saturated rings. The Kier molecular flexibility index (Phi) is 6.08. The van der Waals surface area contributed by atoms with Crippen LogP contribution in [0.15, 0.2) is 5.11 Å². The fourth-order valence-electron chi connectivity index (χ4n) is 2.93. The van der Waals surface area contributed by atoms with Crippen LogP contribution in [0.1, 0.15) is 26.7 Å². The Labute approximate surface area is 141 Å². The molecule has 138 valence electrons. The van der Waals surface area contributed by atoms with Gasteiger partial charge >= 0.3 is 0 Å². The normalized spacial score (nSPS) is 36.2. The van der Waals surface area contributed by atoms with Crippen LogP contribution in [-0.2, 0) is 33.2 Å². The molecule has 0 bridgehead atoms. The van der Waals surface area contributed by atoms with E-state index in [4.69, 9.17) is 28.7 Å². The van der Waals surface area contributed by atoms with Crippen molar-refractivity contribution in [3.05, 3.63) is 10.4 Å². The summed E-state index contributed by atoms with van der Waals surface area (Å²) < 4.78 is 50.1.